The molecule has 5 rings (SSSR count). The van der Waals surface area contributed by atoms with Crippen molar-refractivity contribution in [1.29, 1.82) is 0 Å². The van der Waals surface area contributed by atoms with Gasteiger partial charge in [0.15, 0.2) is 0 Å². The standard InChI is InChI=1S/C39H46N4O8/c1-49-31-17-15-27(16-18-31)24-35(44)42-22-19-29(20-23-42)37(46)43-33-14-7-6-12-30(33)25-34(43)36(45)41-32(38(47)50-2)13-8-9-21-40-39(48)51-26-28-10-4-3-5-11-28/h3-7,10-12,14-18,29,32,34H,8-9,13,19-26H2,1-2H3,(H,40,48)(H,41,45)/t32-,34?/m0/s1. The van der Waals surface area contributed by atoms with Crippen LogP contribution in [0, 0.1) is 5.92 Å². The molecule has 1 unspecified atom stereocenters. The summed E-state index contributed by atoms with van der Waals surface area (Å²) < 4.78 is 15.4. The van der Waals surface area contributed by atoms with Crippen molar-refractivity contribution < 1.29 is 38.2 Å². The van der Waals surface area contributed by atoms with Gasteiger partial charge in [0.25, 0.3) is 0 Å². The minimum atomic E-state index is -0.923. The predicted octanol–water partition coefficient (Wildman–Crippen LogP) is 4.19. The average Bonchev–Trinajstić information content (AvgIpc) is 3.56. The van der Waals surface area contributed by atoms with Gasteiger partial charge in [-0.1, -0.05) is 60.7 Å². The maximum absolute atomic E-state index is 14.1. The van der Waals surface area contributed by atoms with E-state index in [2.05, 4.69) is 10.6 Å². The Hall–Kier alpha value is -5.39. The molecule has 1 fully saturated rings. The zero-order chi connectivity index (χ0) is 36.2. The lowest BCUT2D eigenvalue weighted by Gasteiger charge is -2.35. The SMILES string of the molecule is COC(=O)[C@H](CCCCNC(=O)OCc1ccccc1)NC(=O)C1Cc2ccccc2N1C(=O)C1CCN(C(=O)Cc2ccc(OC)cc2)CC1. The van der Waals surface area contributed by atoms with Crippen molar-refractivity contribution in [2.45, 2.75) is 63.6 Å². The highest BCUT2D eigenvalue weighted by Gasteiger charge is 2.42. The fourth-order valence-electron chi connectivity index (χ4n) is 6.57. The number of likely N-dealkylation sites (tertiary alicyclic amines) is 1. The first kappa shape index (κ1) is 36.9. The van der Waals surface area contributed by atoms with Gasteiger partial charge in [-0.15, -0.1) is 0 Å². The van der Waals surface area contributed by atoms with Crippen LogP contribution in [0.25, 0.3) is 0 Å². The molecule has 2 atom stereocenters. The number of unbranched alkanes of at least 4 members (excludes halogenated alkanes) is 1. The Balaban J connectivity index is 1.13. The molecule has 0 saturated carbocycles. The molecule has 3 aromatic rings. The van der Waals surface area contributed by atoms with Crippen molar-refractivity contribution in [3.63, 3.8) is 0 Å². The zero-order valence-electron chi connectivity index (χ0n) is 29.2. The van der Waals surface area contributed by atoms with Crippen LogP contribution in [0.15, 0.2) is 78.9 Å². The van der Waals surface area contributed by atoms with Crippen LogP contribution in [0.4, 0.5) is 10.5 Å². The number of nitrogens with zero attached hydrogens (tertiary/aromatic N) is 2. The number of ether oxygens (including phenoxy) is 3. The number of fused-ring (bicyclic) bond motifs is 1. The second-order valence-electron chi connectivity index (χ2n) is 12.8. The van der Waals surface area contributed by atoms with Crippen LogP contribution in [0.1, 0.15) is 48.8 Å². The molecule has 1 saturated heterocycles. The van der Waals surface area contributed by atoms with Gasteiger partial charge in [-0.2, -0.15) is 0 Å². The third-order valence-corrected chi connectivity index (χ3v) is 9.43. The van der Waals surface area contributed by atoms with Crippen molar-refractivity contribution in [1.82, 2.24) is 15.5 Å². The minimum Gasteiger partial charge on any atom is -0.497 e. The van der Waals surface area contributed by atoms with Gasteiger partial charge in [-0.25, -0.2) is 9.59 Å². The van der Waals surface area contributed by atoms with E-state index in [9.17, 15) is 24.0 Å². The molecule has 12 nitrogen and oxygen atoms in total. The molecule has 51 heavy (non-hydrogen) atoms. The van der Waals surface area contributed by atoms with Gasteiger partial charge in [-0.3, -0.25) is 19.3 Å². The normalized spacial score (nSPS) is 16.1. The van der Waals surface area contributed by atoms with Crippen LogP contribution in [-0.2, 0) is 48.1 Å². The summed E-state index contributed by atoms with van der Waals surface area (Å²) in [6.07, 6.45) is 2.37. The van der Waals surface area contributed by atoms with Gasteiger partial charge >= 0.3 is 12.1 Å². The summed E-state index contributed by atoms with van der Waals surface area (Å²) >= 11 is 0. The maximum atomic E-state index is 14.1. The topological polar surface area (TPSA) is 144 Å². The first-order valence-corrected chi connectivity index (χ1v) is 17.4. The lowest BCUT2D eigenvalue weighted by molar-refractivity contribution is -0.145. The summed E-state index contributed by atoms with van der Waals surface area (Å²) in [6.45, 7) is 1.39. The molecular weight excluding hydrogens is 652 g/mol. The molecule has 4 amide bonds. The highest BCUT2D eigenvalue weighted by atomic mass is 16.5. The Kier molecular flexibility index (Phi) is 13.0. The van der Waals surface area contributed by atoms with Crippen molar-refractivity contribution in [3.05, 3.63) is 95.6 Å². The Labute approximate surface area is 298 Å². The van der Waals surface area contributed by atoms with E-state index in [4.69, 9.17) is 14.2 Å². The van der Waals surface area contributed by atoms with Gasteiger partial charge in [0.1, 0.15) is 24.4 Å². The fraction of sp³-hybridized carbons (Fsp3) is 0.410. The highest BCUT2D eigenvalue weighted by molar-refractivity contribution is 6.05. The van der Waals surface area contributed by atoms with Crippen LogP contribution in [-0.4, -0.2) is 80.6 Å². The van der Waals surface area contributed by atoms with E-state index in [1.54, 1.807) is 16.9 Å². The molecule has 2 heterocycles. The second kappa shape index (κ2) is 18.0. The number of hydrogen-bond donors (Lipinski definition) is 2. The molecule has 2 aliphatic heterocycles. The first-order valence-electron chi connectivity index (χ1n) is 17.4. The monoisotopic (exact) mass is 698 g/mol. The van der Waals surface area contributed by atoms with E-state index >= 15 is 0 Å². The fourth-order valence-corrected chi connectivity index (χ4v) is 6.57. The third kappa shape index (κ3) is 9.87. The van der Waals surface area contributed by atoms with E-state index in [1.807, 2.05) is 78.9 Å². The number of amides is 4. The molecule has 2 N–H and O–H groups in total. The van der Waals surface area contributed by atoms with Crippen LogP contribution < -0.4 is 20.3 Å². The van der Waals surface area contributed by atoms with E-state index in [0.29, 0.717) is 57.4 Å². The largest absolute Gasteiger partial charge is 0.497 e. The van der Waals surface area contributed by atoms with Crippen molar-refractivity contribution in [3.8, 4) is 5.75 Å². The quantitative estimate of drug-likeness (QED) is 0.189. The van der Waals surface area contributed by atoms with Crippen molar-refractivity contribution in [2.24, 2.45) is 5.92 Å². The lowest BCUT2D eigenvalue weighted by Crippen LogP contribution is -2.54. The highest BCUT2D eigenvalue weighted by Crippen LogP contribution is 2.35. The van der Waals surface area contributed by atoms with Crippen LogP contribution in [0.3, 0.4) is 0 Å². The second-order valence-corrected chi connectivity index (χ2v) is 12.8. The summed E-state index contributed by atoms with van der Waals surface area (Å²) in [7, 11) is 2.86. The van der Waals surface area contributed by atoms with Gasteiger partial charge in [0.2, 0.25) is 17.7 Å². The molecule has 0 aromatic heterocycles. The molecule has 0 spiro atoms. The summed E-state index contributed by atoms with van der Waals surface area (Å²) in [5.74, 6) is -0.821. The molecule has 270 valence electrons. The summed E-state index contributed by atoms with van der Waals surface area (Å²) in [5, 5.41) is 5.55. The first-order chi connectivity index (χ1) is 24.8. The minimum absolute atomic E-state index is 0.00228. The number of rotatable bonds is 14. The van der Waals surface area contributed by atoms with Gasteiger partial charge in [0, 0.05) is 37.7 Å². The van der Waals surface area contributed by atoms with E-state index in [1.165, 1.54) is 7.11 Å². The zero-order valence-corrected chi connectivity index (χ0v) is 29.2. The van der Waals surface area contributed by atoms with Gasteiger partial charge in [-0.05, 0) is 67.0 Å². The number of piperidine rings is 1. The Morgan fingerprint density at radius 2 is 1.55 bits per heavy atom. The Bertz CT molecular complexity index is 1660. The molecule has 12 heteroatoms. The average molecular weight is 699 g/mol. The van der Waals surface area contributed by atoms with Gasteiger partial charge in [0.05, 0.1) is 20.6 Å². The molecule has 0 bridgehead atoms. The van der Waals surface area contributed by atoms with Gasteiger partial charge < -0.3 is 29.7 Å². The molecule has 2 aliphatic rings. The number of carbonyl (C=O) groups is 5. The molecule has 0 radical (unpaired) electrons. The lowest BCUT2D eigenvalue weighted by atomic mass is 9.94. The van der Waals surface area contributed by atoms with Crippen LogP contribution in [0.5, 0.6) is 5.75 Å². The number of anilines is 1. The molecule has 3 aromatic carbocycles. The number of esters is 1. The van der Waals surface area contributed by atoms with Crippen LogP contribution in [0.2, 0.25) is 0 Å². The summed E-state index contributed by atoms with van der Waals surface area (Å²) in [4.78, 5) is 69.1. The summed E-state index contributed by atoms with van der Waals surface area (Å²) in [5.41, 5.74) is 3.33. The molecule has 0 aliphatic carbocycles. The Morgan fingerprint density at radius 3 is 2.25 bits per heavy atom. The number of hydrogen-bond acceptors (Lipinski definition) is 8. The third-order valence-electron chi connectivity index (χ3n) is 9.43. The van der Waals surface area contributed by atoms with Crippen LogP contribution >= 0.6 is 0 Å². The smallest absolute Gasteiger partial charge is 0.407 e. The predicted molar refractivity (Wildman–Crippen MR) is 190 cm³/mol. The maximum Gasteiger partial charge on any atom is 0.407 e. The number of alkyl carbamates (subject to hydrolysis) is 1. The van der Waals surface area contributed by atoms with E-state index in [0.717, 1.165) is 22.4 Å². The number of nitrogens with one attached hydrogen (secondary N) is 2. The number of para-hydroxylation sites is 1. The number of benzene rings is 3. The van der Waals surface area contributed by atoms with E-state index < -0.39 is 30.1 Å². The number of carbonyl (C=O) groups excluding carboxylic acids is 5. The number of methoxy groups -OCH3 is 2. The summed E-state index contributed by atoms with van der Waals surface area (Å²) in [6, 6.07) is 22.5. The molecular formula is C39H46N4O8. The van der Waals surface area contributed by atoms with Crippen molar-refractivity contribution >= 4 is 35.5 Å². The Morgan fingerprint density at radius 1 is 0.843 bits per heavy atom. The van der Waals surface area contributed by atoms with E-state index in [-0.39, 0.29) is 37.2 Å². The van der Waals surface area contributed by atoms with Crippen molar-refractivity contribution in [2.75, 3.05) is 38.8 Å².